The van der Waals surface area contributed by atoms with Crippen LogP contribution in [0.5, 0.6) is 5.75 Å². The van der Waals surface area contributed by atoms with Crippen molar-refractivity contribution in [2.24, 2.45) is 5.92 Å². The molecule has 1 saturated heterocycles. The Morgan fingerprint density at radius 3 is 2.57 bits per heavy atom. The molecular formula is C27H30N2O4S2. The summed E-state index contributed by atoms with van der Waals surface area (Å²) in [6.07, 6.45) is 1.28. The Morgan fingerprint density at radius 2 is 1.83 bits per heavy atom. The standard InChI is InChI=1S/C27H30N2O4S2/c1-3-33-25-16-15-23(18-20(25)2)35(31,32)29-17-9-10-21(19-29)27(30)28-24-13-7-8-14-26(24)34-22-11-5-4-6-12-22/h4-8,11-16,18,21H,3,9-10,17,19H2,1-2H3,(H,28,30)/t21-/m1/s1. The molecule has 8 heteroatoms. The van der Waals surface area contributed by atoms with E-state index in [-0.39, 0.29) is 17.3 Å². The average Bonchev–Trinajstić information content (AvgIpc) is 2.87. The van der Waals surface area contributed by atoms with Gasteiger partial charge in [0.1, 0.15) is 5.75 Å². The SMILES string of the molecule is CCOc1ccc(S(=O)(=O)N2CCC[C@@H](C(=O)Nc3ccccc3Sc3ccccc3)C2)cc1C. The highest BCUT2D eigenvalue weighted by Crippen LogP contribution is 2.34. The second-order valence-corrected chi connectivity index (χ2v) is 11.5. The van der Waals surface area contributed by atoms with E-state index in [2.05, 4.69) is 5.32 Å². The molecule has 0 unspecified atom stereocenters. The summed E-state index contributed by atoms with van der Waals surface area (Å²) < 4.78 is 33.7. The summed E-state index contributed by atoms with van der Waals surface area (Å²) in [5.74, 6) is 0.0976. The quantitative estimate of drug-likeness (QED) is 0.428. The summed E-state index contributed by atoms with van der Waals surface area (Å²) in [5.41, 5.74) is 1.50. The van der Waals surface area contributed by atoms with Crippen LogP contribution in [-0.2, 0) is 14.8 Å². The van der Waals surface area contributed by atoms with Crippen LogP contribution < -0.4 is 10.1 Å². The van der Waals surface area contributed by atoms with Crippen molar-refractivity contribution < 1.29 is 17.9 Å². The second-order valence-electron chi connectivity index (χ2n) is 8.46. The van der Waals surface area contributed by atoms with Gasteiger partial charge < -0.3 is 10.1 Å². The molecule has 0 aliphatic carbocycles. The molecular weight excluding hydrogens is 480 g/mol. The zero-order chi connectivity index (χ0) is 24.8. The molecule has 3 aromatic rings. The molecule has 6 nitrogen and oxygen atoms in total. The molecule has 0 spiro atoms. The van der Waals surface area contributed by atoms with E-state index in [0.717, 1.165) is 21.0 Å². The summed E-state index contributed by atoms with van der Waals surface area (Å²) >= 11 is 1.58. The number of nitrogens with zero attached hydrogens (tertiary/aromatic N) is 1. The molecule has 1 N–H and O–H groups in total. The number of anilines is 1. The first kappa shape index (κ1) is 25.3. The van der Waals surface area contributed by atoms with Crippen molar-refractivity contribution in [3.63, 3.8) is 0 Å². The minimum atomic E-state index is -3.71. The fraction of sp³-hybridized carbons (Fsp3) is 0.296. The number of amides is 1. The summed E-state index contributed by atoms with van der Waals surface area (Å²) in [6, 6.07) is 22.6. The van der Waals surface area contributed by atoms with Gasteiger partial charge in [-0.1, -0.05) is 42.1 Å². The van der Waals surface area contributed by atoms with Gasteiger partial charge in [0.25, 0.3) is 0 Å². The van der Waals surface area contributed by atoms with E-state index in [0.29, 0.717) is 31.7 Å². The predicted molar refractivity (Wildman–Crippen MR) is 139 cm³/mol. The van der Waals surface area contributed by atoms with Crippen LogP contribution in [0, 0.1) is 12.8 Å². The minimum Gasteiger partial charge on any atom is -0.494 e. The van der Waals surface area contributed by atoms with Crippen molar-refractivity contribution in [3.8, 4) is 5.75 Å². The maximum atomic E-state index is 13.3. The maximum absolute atomic E-state index is 13.3. The molecule has 1 aliphatic rings. The Labute approximate surface area is 211 Å². The zero-order valence-corrected chi connectivity index (χ0v) is 21.6. The number of carbonyl (C=O) groups is 1. The van der Waals surface area contributed by atoms with Gasteiger partial charge in [0.2, 0.25) is 15.9 Å². The number of nitrogens with one attached hydrogen (secondary N) is 1. The number of hydrogen-bond donors (Lipinski definition) is 1. The lowest BCUT2D eigenvalue weighted by atomic mass is 9.99. The van der Waals surface area contributed by atoms with Gasteiger partial charge in [-0.2, -0.15) is 4.31 Å². The highest BCUT2D eigenvalue weighted by molar-refractivity contribution is 7.99. The summed E-state index contributed by atoms with van der Waals surface area (Å²) in [4.78, 5) is 15.4. The number of rotatable bonds is 8. The first-order valence-electron chi connectivity index (χ1n) is 11.7. The molecule has 1 atom stereocenters. The van der Waals surface area contributed by atoms with E-state index >= 15 is 0 Å². The maximum Gasteiger partial charge on any atom is 0.243 e. The average molecular weight is 511 g/mol. The highest BCUT2D eigenvalue weighted by Gasteiger charge is 2.33. The van der Waals surface area contributed by atoms with Gasteiger partial charge >= 0.3 is 0 Å². The third-order valence-electron chi connectivity index (χ3n) is 5.95. The van der Waals surface area contributed by atoms with E-state index in [9.17, 15) is 13.2 Å². The van der Waals surface area contributed by atoms with Crippen LogP contribution in [0.15, 0.2) is 87.5 Å². The van der Waals surface area contributed by atoms with Gasteiger partial charge in [-0.05, 0) is 74.7 Å². The Bertz CT molecular complexity index is 1280. The van der Waals surface area contributed by atoms with Crippen molar-refractivity contribution in [2.45, 2.75) is 41.4 Å². The van der Waals surface area contributed by atoms with Crippen molar-refractivity contribution in [3.05, 3.63) is 78.4 Å². The van der Waals surface area contributed by atoms with Crippen molar-refractivity contribution in [1.82, 2.24) is 4.31 Å². The Hall–Kier alpha value is -2.81. The molecule has 1 amide bonds. The smallest absolute Gasteiger partial charge is 0.243 e. The molecule has 3 aromatic carbocycles. The lowest BCUT2D eigenvalue weighted by Crippen LogP contribution is -2.43. The van der Waals surface area contributed by atoms with Gasteiger partial charge in [0, 0.05) is 22.9 Å². The van der Waals surface area contributed by atoms with Gasteiger partial charge in [0.05, 0.1) is 23.1 Å². The van der Waals surface area contributed by atoms with Gasteiger partial charge in [-0.25, -0.2) is 8.42 Å². The second kappa shape index (κ2) is 11.3. The van der Waals surface area contributed by atoms with Crippen LogP contribution in [0.1, 0.15) is 25.3 Å². The van der Waals surface area contributed by atoms with E-state index < -0.39 is 15.9 Å². The fourth-order valence-electron chi connectivity index (χ4n) is 4.13. The van der Waals surface area contributed by atoms with Crippen LogP contribution in [0.4, 0.5) is 5.69 Å². The first-order chi connectivity index (χ1) is 16.9. The molecule has 1 fully saturated rings. The van der Waals surface area contributed by atoms with E-state index in [1.165, 1.54) is 4.31 Å². The molecule has 0 saturated carbocycles. The topological polar surface area (TPSA) is 75.7 Å². The Balaban J connectivity index is 1.47. The highest BCUT2D eigenvalue weighted by atomic mass is 32.2. The van der Waals surface area contributed by atoms with E-state index in [1.54, 1.807) is 30.0 Å². The monoisotopic (exact) mass is 510 g/mol. The fourth-order valence-corrected chi connectivity index (χ4v) is 6.67. The van der Waals surface area contributed by atoms with Crippen LogP contribution in [-0.4, -0.2) is 38.3 Å². The molecule has 184 valence electrons. The number of benzene rings is 3. The van der Waals surface area contributed by atoms with Crippen LogP contribution in [0.2, 0.25) is 0 Å². The predicted octanol–water partition coefficient (Wildman–Crippen LogP) is 5.58. The van der Waals surface area contributed by atoms with Crippen molar-refractivity contribution in [1.29, 1.82) is 0 Å². The van der Waals surface area contributed by atoms with Gasteiger partial charge in [0.15, 0.2) is 0 Å². The van der Waals surface area contributed by atoms with Crippen LogP contribution in [0.3, 0.4) is 0 Å². The van der Waals surface area contributed by atoms with Crippen molar-refractivity contribution >= 4 is 33.4 Å². The van der Waals surface area contributed by atoms with E-state index in [4.69, 9.17) is 4.74 Å². The number of ether oxygens (including phenoxy) is 1. The molecule has 35 heavy (non-hydrogen) atoms. The molecule has 1 heterocycles. The van der Waals surface area contributed by atoms with Crippen molar-refractivity contribution in [2.75, 3.05) is 25.0 Å². The Kier molecular flexibility index (Phi) is 8.15. The van der Waals surface area contributed by atoms with Gasteiger partial charge in [-0.15, -0.1) is 0 Å². The lowest BCUT2D eigenvalue weighted by Gasteiger charge is -2.31. The molecule has 0 aromatic heterocycles. The first-order valence-corrected chi connectivity index (χ1v) is 14.0. The lowest BCUT2D eigenvalue weighted by molar-refractivity contribution is -0.120. The largest absolute Gasteiger partial charge is 0.494 e. The number of piperidine rings is 1. The Morgan fingerprint density at radius 1 is 1.09 bits per heavy atom. The number of sulfonamides is 1. The molecule has 4 rings (SSSR count). The van der Waals surface area contributed by atoms with E-state index in [1.807, 2.05) is 68.4 Å². The van der Waals surface area contributed by atoms with Gasteiger partial charge in [-0.3, -0.25) is 4.79 Å². The number of aryl methyl sites for hydroxylation is 1. The molecule has 1 aliphatic heterocycles. The minimum absolute atomic E-state index is 0.158. The zero-order valence-electron chi connectivity index (χ0n) is 19.9. The number of para-hydroxylation sites is 1. The number of hydrogen-bond acceptors (Lipinski definition) is 5. The summed E-state index contributed by atoms with van der Waals surface area (Å²) in [6.45, 7) is 4.80. The third-order valence-corrected chi connectivity index (χ3v) is 8.90. The normalized spacial score (nSPS) is 16.6. The van der Waals surface area contributed by atoms with Crippen LogP contribution >= 0.6 is 11.8 Å². The third kappa shape index (κ3) is 6.07. The number of carbonyl (C=O) groups excluding carboxylic acids is 1. The molecule has 0 bridgehead atoms. The summed E-state index contributed by atoms with van der Waals surface area (Å²) in [7, 11) is -3.71. The van der Waals surface area contributed by atoms with Crippen LogP contribution in [0.25, 0.3) is 0 Å². The molecule has 0 radical (unpaired) electrons. The summed E-state index contributed by atoms with van der Waals surface area (Å²) in [5, 5.41) is 3.05.